The van der Waals surface area contributed by atoms with Gasteiger partial charge in [-0.3, -0.25) is 0 Å². The Labute approximate surface area is 146 Å². The topological polar surface area (TPSA) is 29.3 Å². The van der Waals surface area contributed by atoms with Gasteiger partial charge in [0.15, 0.2) is 0 Å². The van der Waals surface area contributed by atoms with Crippen LogP contribution < -0.4 is 5.73 Å². The molecule has 0 bridgehead atoms. The van der Waals surface area contributed by atoms with E-state index in [0.29, 0.717) is 5.02 Å². The molecule has 1 unspecified atom stereocenters. The van der Waals surface area contributed by atoms with Gasteiger partial charge in [-0.25, -0.2) is 0 Å². The SMILES string of the molecule is CN(C)CCSC(c1cc(Cl)ccc1N)c1ccccc1Cl. The molecule has 0 radical (unpaired) electrons. The standard InChI is InChI=1S/C17H20Cl2N2S/c1-21(2)9-10-22-17(13-5-3-4-6-15(13)19)14-11-12(18)7-8-16(14)20/h3-8,11,17H,9-10,20H2,1-2H3. The minimum atomic E-state index is 0.0762. The van der Waals surface area contributed by atoms with E-state index in [-0.39, 0.29) is 5.25 Å². The first-order valence-corrected chi connectivity index (χ1v) is 8.85. The molecule has 0 aliphatic rings. The maximum atomic E-state index is 6.40. The summed E-state index contributed by atoms with van der Waals surface area (Å²) in [5.41, 5.74) is 9.02. The Morgan fingerprint density at radius 1 is 1.09 bits per heavy atom. The van der Waals surface area contributed by atoms with Crippen LogP contribution in [0.4, 0.5) is 5.69 Å². The molecule has 118 valence electrons. The zero-order valence-electron chi connectivity index (χ0n) is 12.7. The molecular formula is C17H20Cl2N2S. The highest BCUT2D eigenvalue weighted by atomic mass is 35.5. The fraction of sp³-hybridized carbons (Fsp3) is 0.294. The first kappa shape index (κ1) is 17.5. The number of nitrogen functional groups attached to an aromatic ring is 1. The van der Waals surface area contributed by atoms with E-state index in [1.54, 1.807) is 0 Å². The summed E-state index contributed by atoms with van der Waals surface area (Å²) in [6.07, 6.45) is 0. The largest absolute Gasteiger partial charge is 0.398 e. The van der Waals surface area contributed by atoms with E-state index in [0.717, 1.165) is 34.1 Å². The number of hydrogen-bond acceptors (Lipinski definition) is 3. The highest BCUT2D eigenvalue weighted by Crippen LogP contribution is 2.42. The van der Waals surface area contributed by atoms with Crippen LogP contribution in [0.5, 0.6) is 0 Å². The van der Waals surface area contributed by atoms with Crippen molar-refractivity contribution in [1.29, 1.82) is 0 Å². The fourth-order valence-corrected chi connectivity index (χ4v) is 4.13. The number of halogens is 2. The Kier molecular flexibility index (Phi) is 6.45. The summed E-state index contributed by atoms with van der Waals surface area (Å²) in [6.45, 7) is 0.992. The van der Waals surface area contributed by atoms with Crippen LogP contribution in [0.3, 0.4) is 0 Å². The summed E-state index contributed by atoms with van der Waals surface area (Å²) < 4.78 is 0. The monoisotopic (exact) mass is 354 g/mol. The molecule has 22 heavy (non-hydrogen) atoms. The van der Waals surface area contributed by atoms with Crippen molar-refractivity contribution in [2.24, 2.45) is 0 Å². The van der Waals surface area contributed by atoms with Crippen LogP contribution in [-0.4, -0.2) is 31.3 Å². The molecule has 2 N–H and O–H groups in total. The zero-order chi connectivity index (χ0) is 16.1. The molecule has 2 aromatic carbocycles. The first-order valence-electron chi connectivity index (χ1n) is 7.04. The Bertz CT molecular complexity index is 632. The molecular weight excluding hydrogens is 335 g/mol. The van der Waals surface area contributed by atoms with Crippen LogP contribution in [-0.2, 0) is 0 Å². The fourth-order valence-electron chi connectivity index (χ4n) is 2.16. The lowest BCUT2D eigenvalue weighted by atomic mass is 10.0. The third-order valence-electron chi connectivity index (χ3n) is 3.34. The lowest BCUT2D eigenvalue weighted by Gasteiger charge is -2.21. The third kappa shape index (κ3) is 4.56. The molecule has 0 aliphatic heterocycles. The zero-order valence-corrected chi connectivity index (χ0v) is 15.1. The van der Waals surface area contributed by atoms with E-state index in [1.165, 1.54) is 0 Å². The van der Waals surface area contributed by atoms with Crippen LogP contribution in [0.1, 0.15) is 16.4 Å². The van der Waals surface area contributed by atoms with Gasteiger partial charge in [-0.15, -0.1) is 11.8 Å². The molecule has 0 saturated heterocycles. The van der Waals surface area contributed by atoms with E-state index < -0.39 is 0 Å². The smallest absolute Gasteiger partial charge is 0.0582 e. The van der Waals surface area contributed by atoms with E-state index in [1.807, 2.05) is 48.2 Å². The second kappa shape index (κ2) is 8.11. The van der Waals surface area contributed by atoms with Crippen molar-refractivity contribution >= 4 is 40.7 Å². The molecule has 2 nitrogen and oxygen atoms in total. The van der Waals surface area contributed by atoms with E-state index in [2.05, 4.69) is 25.1 Å². The summed E-state index contributed by atoms with van der Waals surface area (Å²) in [5, 5.41) is 1.52. The maximum Gasteiger partial charge on any atom is 0.0582 e. The molecule has 1 atom stereocenters. The Hall–Kier alpha value is -0.870. The predicted molar refractivity (Wildman–Crippen MR) is 100 cm³/mol. The van der Waals surface area contributed by atoms with E-state index in [4.69, 9.17) is 28.9 Å². The van der Waals surface area contributed by atoms with E-state index in [9.17, 15) is 0 Å². The number of nitrogens with zero attached hydrogens (tertiary/aromatic N) is 1. The van der Waals surface area contributed by atoms with Crippen LogP contribution in [0, 0.1) is 0 Å². The first-order chi connectivity index (χ1) is 10.5. The van der Waals surface area contributed by atoms with Gasteiger partial charge in [0.2, 0.25) is 0 Å². The molecule has 2 aromatic rings. The predicted octanol–water partition coefficient (Wildman–Crippen LogP) is 4.96. The summed E-state index contributed by atoms with van der Waals surface area (Å²) in [5.74, 6) is 0.981. The average molecular weight is 355 g/mol. The molecule has 0 fully saturated rings. The maximum absolute atomic E-state index is 6.40. The lowest BCUT2D eigenvalue weighted by Crippen LogP contribution is -2.16. The third-order valence-corrected chi connectivity index (χ3v) is 5.18. The van der Waals surface area contributed by atoms with Gasteiger partial charge in [-0.05, 0) is 49.5 Å². The minimum absolute atomic E-state index is 0.0762. The second-order valence-electron chi connectivity index (χ2n) is 5.35. The van der Waals surface area contributed by atoms with Crippen LogP contribution in [0.15, 0.2) is 42.5 Å². The number of hydrogen-bond donors (Lipinski definition) is 1. The lowest BCUT2D eigenvalue weighted by molar-refractivity contribution is 0.437. The van der Waals surface area contributed by atoms with Gasteiger partial charge >= 0.3 is 0 Å². The van der Waals surface area contributed by atoms with Crippen molar-refractivity contribution in [2.45, 2.75) is 5.25 Å². The van der Waals surface area contributed by atoms with Crippen LogP contribution >= 0.6 is 35.0 Å². The molecule has 0 saturated carbocycles. The summed E-state index contributed by atoms with van der Waals surface area (Å²) in [4.78, 5) is 2.16. The number of benzene rings is 2. The van der Waals surface area contributed by atoms with Gasteiger partial charge in [0, 0.05) is 28.0 Å². The van der Waals surface area contributed by atoms with Gasteiger partial charge < -0.3 is 10.6 Å². The van der Waals surface area contributed by atoms with Crippen molar-refractivity contribution in [3.05, 3.63) is 63.6 Å². The van der Waals surface area contributed by atoms with E-state index >= 15 is 0 Å². The van der Waals surface area contributed by atoms with Crippen molar-refractivity contribution < 1.29 is 0 Å². The van der Waals surface area contributed by atoms with Gasteiger partial charge in [-0.2, -0.15) is 0 Å². The Morgan fingerprint density at radius 3 is 2.50 bits per heavy atom. The second-order valence-corrected chi connectivity index (χ2v) is 7.41. The summed E-state index contributed by atoms with van der Waals surface area (Å²) in [7, 11) is 4.14. The minimum Gasteiger partial charge on any atom is -0.398 e. The van der Waals surface area contributed by atoms with Crippen molar-refractivity contribution in [3.8, 4) is 0 Å². The number of thioether (sulfide) groups is 1. The molecule has 2 rings (SSSR count). The summed E-state index contributed by atoms with van der Waals surface area (Å²) >= 11 is 14.4. The molecule has 0 heterocycles. The van der Waals surface area contributed by atoms with Crippen LogP contribution in [0.25, 0.3) is 0 Å². The number of anilines is 1. The summed E-state index contributed by atoms with van der Waals surface area (Å²) in [6, 6.07) is 13.5. The van der Waals surface area contributed by atoms with Crippen molar-refractivity contribution in [3.63, 3.8) is 0 Å². The highest BCUT2D eigenvalue weighted by Gasteiger charge is 2.20. The van der Waals surface area contributed by atoms with Crippen molar-refractivity contribution in [1.82, 2.24) is 4.90 Å². The molecule has 0 aromatic heterocycles. The number of nitrogens with two attached hydrogens (primary N) is 1. The van der Waals surface area contributed by atoms with Gasteiger partial charge in [0.25, 0.3) is 0 Å². The van der Waals surface area contributed by atoms with Gasteiger partial charge in [-0.1, -0.05) is 41.4 Å². The Balaban J connectivity index is 2.37. The van der Waals surface area contributed by atoms with Gasteiger partial charge in [0.1, 0.15) is 0 Å². The number of rotatable bonds is 6. The molecule has 0 aliphatic carbocycles. The quantitative estimate of drug-likeness (QED) is 0.743. The van der Waals surface area contributed by atoms with Crippen molar-refractivity contribution in [2.75, 3.05) is 32.1 Å². The molecule has 5 heteroatoms. The Morgan fingerprint density at radius 2 is 1.82 bits per heavy atom. The van der Waals surface area contributed by atoms with Gasteiger partial charge in [0.05, 0.1) is 5.25 Å². The highest BCUT2D eigenvalue weighted by molar-refractivity contribution is 7.99. The van der Waals surface area contributed by atoms with Crippen LogP contribution in [0.2, 0.25) is 10.0 Å². The normalized spacial score (nSPS) is 12.6. The molecule has 0 spiro atoms. The molecule has 0 amide bonds. The average Bonchev–Trinajstić information content (AvgIpc) is 2.47.